The molecule has 4 nitrogen and oxygen atoms in total. The molecule has 1 aliphatic heterocycles. The van der Waals surface area contributed by atoms with Gasteiger partial charge in [0.15, 0.2) is 9.84 Å². The topological polar surface area (TPSA) is 63.2 Å². The Kier molecular flexibility index (Phi) is 4.62. The fourth-order valence-electron chi connectivity index (χ4n) is 1.64. The zero-order valence-corrected chi connectivity index (χ0v) is 11.1. The Balaban J connectivity index is 2.40. The van der Waals surface area contributed by atoms with E-state index in [0.29, 0.717) is 12.3 Å². The molecule has 0 radical (unpaired) electrons. The maximum atomic E-state index is 11.5. The molecule has 1 amide bonds. The van der Waals surface area contributed by atoms with Crippen LogP contribution in [0.15, 0.2) is 0 Å². The molecule has 6 heteroatoms. The molecular weight excluding hydrogens is 250 g/mol. The molecule has 2 unspecified atom stereocenters. The molecule has 0 spiro atoms. The van der Waals surface area contributed by atoms with Gasteiger partial charge in [-0.25, -0.2) is 8.42 Å². The van der Waals surface area contributed by atoms with E-state index in [1.807, 2.05) is 13.8 Å². The van der Waals surface area contributed by atoms with Gasteiger partial charge in [0.25, 0.3) is 0 Å². The van der Waals surface area contributed by atoms with Gasteiger partial charge in [0.2, 0.25) is 5.91 Å². The molecule has 0 bridgehead atoms. The maximum absolute atomic E-state index is 11.5. The van der Waals surface area contributed by atoms with Crippen LogP contribution in [0.1, 0.15) is 26.7 Å². The molecular formula is C10H18ClNO3S. The van der Waals surface area contributed by atoms with Crippen LogP contribution in [0.4, 0.5) is 0 Å². The Bertz CT molecular complexity index is 353. The van der Waals surface area contributed by atoms with E-state index in [1.165, 1.54) is 0 Å². The van der Waals surface area contributed by atoms with E-state index in [1.54, 1.807) is 0 Å². The fraction of sp³-hybridized carbons (Fsp3) is 0.900. The third-order valence-electron chi connectivity index (χ3n) is 2.58. The van der Waals surface area contributed by atoms with Crippen molar-refractivity contribution in [1.29, 1.82) is 0 Å². The third kappa shape index (κ3) is 4.29. The molecule has 1 rings (SSSR count). The number of nitrogens with one attached hydrogen (secondary N) is 1. The van der Waals surface area contributed by atoms with Crippen molar-refractivity contribution in [3.05, 3.63) is 0 Å². The SMILES string of the molecule is CC(C)CCC(=O)NC1CS(=O)(=O)CC1Cl. The van der Waals surface area contributed by atoms with Crippen molar-refractivity contribution in [2.24, 2.45) is 5.92 Å². The highest BCUT2D eigenvalue weighted by Gasteiger charge is 2.37. The van der Waals surface area contributed by atoms with Crippen molar-refractivity contribution < 1.29 is 13.2 Å². The van der Waals surface area contributed by atoms with Crippen LogP contribution in [0.5, 0.6) is 0 Å². The van der Waals surface area contributed by atoms with Crippen molar-refractivity contribution in [3.8, 4) is 0 Å². The highest BCUT2D eigenvalue weighted by Crippen LogP contribution is 2.18. The Labute approximate surface area is 102 Å². The largest absolute Gasteiger partial charge is 0.351 e. The highest BCUT2D eigenvalue weighted by molar-refractivity contribution is 7.91. The van der Waals surface area contributed by atoms with Crippen LogP contribution >= 0.6 is 11.6 Å². The standard InChI is InChI=1S/C10H18ClNO3S/c1-7(2)3-4-10(13)12-9-6-16(14,15)5-8(9)11/h7-9H,3-6H2,1-2H3,(H,12,13). The van der Waals surface area contributed by atoms with E-state index >= 15 is 0 Å². The number of sulfone groups is 1. The summed E-state index contributed by atoms with van der Waals surface area (Å²) in [7, 11) is -3.07. The van der Waals surface area contributed by atoms with Crippen molar-refractivity contribution >= 4 is 27.3 Å². The Morgan fingerprint density at radius 3 is 2.50 bits per heavy atom. The molecule has 16 heavy (non-hydrogen) atoms. The maximum Gasteiger partial charge on any atom is 0.220 e. The van der Waals surface area contributed by atoms with Crippen molar-refractivity contribution in [2.45, 2.75) is 38.1 Å². The molecule has 0 aromatic rings. The lowest BCUT2D eigenvalue weighted by molar-refractivity contribution is -0.121. The number of hydrogen-bond acceptors (Lipinski definition) is 3. The number of carbonyl (C=O) groups is 1. The molecule has 1 heterocycles. The second kappa shape index (κ2) is 5.36. The minimum Gasteiger partial charge on any atom is -0.351 e. The molecule has 0 aromatic heterocycles. The van der Waals surface area contributed by atoms with Crippen LogP contribution in [0.2, 0.25) is 0 Å². The minimum atomic E-state index is -3.07. The van der Waals surface area contributed by atoms with E-state index in [9.17, 15) is 13.2 Å². The molecule has 1 aliphatic rings. The van der Waals surface area contributed by atoms with E-state index in [-0.39, 0.29) is 17.4 Å². The van der Waals surface area contributed by atoms with Crippen LogP contribution in [-0.4, -0.2) is 37.2 Å². The number of alkyl halides is 1. The lowest BCUT2D eigenvalue weighted by Crippen LogP contribution is -2.40. The molecule has 0 saturated carbocycles. The number of hydrogen-bond donors (Lipinski definition) is 1. The lowest BCUT2D eigenvalue weighted by atomic mass is 10.1. The summed E-state index contributed by atoms with van der Waals surface area (Å²) in [4.78, 5) is 11.5. The van der Waals surface area contributed by atoms with Crippen LogP contribution in [0, 0.1) is 5.92 Å². The first-order chi connectivity index (χ1) is 7.30. The van der Waals surface area contributed by atoms with Gasteiger partial charge in [-0.15, -0.1) is 11.6 Å². The molecule has 94 valence electrons. The first kappa shape index (κ1) is 13.8. The second-order valence-electron chi connectivity index (χ2n) is 4.70. The fourth-order valence-corrected chi connectivity index (χ4v) is 4.19. The predicted molar refractivity (Wildman–Crippen MR) is 64.3 cm³/mol. The van der Waals surface area contributed by atoms with Crippen molar-refractivity contribution in [2.75, 3.05) is 11.5 Å². The van der Waals surface area contributed by atoms with Crippen LogP contribution < -0.4 is 5.32 Å². The summed E-state index contributed by atoms with van der Waals surface area (Å²) in [5.74, 6) is 0.282. The van der Waals surface area contributed by atoms with Gasteiger partial charge >= 0.3 is 0 Å². The molecule has 1 N–H and O–H groups in total. The number of halogens is 1. The smallest absolute Gasteiger partial charge is 0.220 e. The highest BCUT2D eigenvalue weighted by atomic mass is 35.5. The van der Waals surface area contributed by atoms with Crippen molar-refractivity contribution in [3.63, 3.8) is 0 Å². The summed E-state index contributed by atoms with van der Waals surface area (Å²) < 4.78 is 22.5. The number of carbonyl (C=O) groups excluding carboxylic acids is 1. The minimum absolute atomic E-state index is 0.0331. The normalized spacial score (nSPS) is 28.2. The van der Waals surface area contributed by atoms with Gasteiger partial charge in [-0.3, -0.25) is 4.79 Å². The van der Waals surface area contributed by atoms with Gasteiger partial charge < -0.3 is 5.32 Å². The van der Waals surface area contributed by atoms with Gasteiger partial charge in [0.05, 0.1) is 22.9 Å². The quantitative estimate of drug-likeness (QED) is 0.771. The van der Waals surface area contributed by atoms with E-state index < -0.39 is 21.3 Å². The Hall–Kier alpha value is -0.290. The Morgan fingerprint density at radius 1 is 1.44 bits per heavy atom. The van der Waals surface area contributed by atoms with E-state index in [0.717, 1.165) is 6.42 Å². The summed E-state index contributed by atoms with van der Waals surface area (Å²) in [6.45, 7) is 4.08. The monoisotopic (exact) mass is 267 g/mol. The van der Waals surface area contributed by atoms with E-state index in [2.05, 4.69) is 5.32 Å². The second-order valence-corrected chi connectivity index (χ2v) is 7.41. The van der Waals surface area contributed by atoms with Gasteiger partial charge in [0.1, 0.15) is 0 Å². The number of rotatable bonds is 4. The van der Waals surface area contributed by atoms with Gasteiger partial charge in [-0.05, 0) is 12.3 Å². The molecule has 1 saturated heterocycles. The first-order valence-corrected chi connectivity index (χ1v) is 7.70. The molecule has 0 aromatic carbocycles. The van der Waals surface area contributed by atoms with Crippen LogP contribution in [0.25, 0.3) is 0 Å². The first-order valence-electron chi connectivity index (χ1n) is 5.44. The van der Waals surface area contributed by atoms with Crippen LogP contribution in [0.3, 0.4) is 0 Å². The average molecular weight is 268 g/mol. The predicted octanol–water partition coefficient (Wildman–Crippen LogP) is 0.943. The van der Waals surface area contributed by atoms with Crippen molar-refractivity contribution in [1.82, 2.24) is 5.32 Å². The Morgan fingerprint density at radius 2 is 2.06 bits per heavy atom. The summed E-state index contributed by atoms with van der Waals surface area (Å²) in [5, 5.41) is 2.20. The van der Waals surface area contributed by atoms with Crippen LogP contribution in [-0.2, 0) is 14.6 Å². The summed E-state index contributed by atoms with van der Waals surface area (Å²) in [6, 6.07) is -0.425. The van der Waals surface area contributed by atoms with Gasteiger partial charge in [0, 0.05) is 6.42 Å². The van der Waals surface area contributed by atoms with E-state index in [4.69, 9.17) is 11.6 Å². The molecule has 1 fully saturated rings. The molecule has 2 atom stereocenters. The third-order valence-corrected chi connectivity index (χ3v) is 4.95. The summed E-state index contributed by atoms with van der Waals surface area (Å²) in [5.41, 5.74) is 0. The summed E-state index contributed by atoms with van der Waals surface area (Å²) in [6.07, 6.45) is 1.23. The summed E-state index contributed by atoms with van der Waals surface area (Å²) >= 11 is 5.88. The zero-order chi connectivity index (χ0) is 12.3. The zero-order valence-electron chi connectivity index (χ0n) is 9.57. The number of amides is 1. The molecule has 0 aliphatic carbocycles. The van der Waals surface area contributed by atoms with Gasteiger partial charge in [-0.1, -0.05) is 13.8 Å². The average Bonchev–Trinajstić information content (AvgIpc) is 2.36. The van der Waals surface area contributed by atoms with Gasteiger partial charge in [-0.2, -0.15) is 0 Å². The lowest BCUT2D eigenvalue weighted by Gasteiger charge is -2.14.